The Morgan fingerprint density at radius 1 is 1.40 bits per heavy atom. The van der Waals surface area contributed by atoms with Gasteiger partial charge in [-0.3, -0.25) is 0 Å². The van der Waals surface area contributed by atoms with Crippen LogP contribution in [-0.4, -0.2) is 18.4 Å². The van der Waals surface area contributed by atoms with Crippen LogP contribution in [0.15, 0.2) is 24.3 Å². The molecule has 1 rings (SSSR count). The summed E-state index contributed by atoms with van der Waals surface area (Å²) in [5.74, 6) is 0. The van der Waals surface area contributed by atoms with Crippen LogP contribution in [0.1, 0.15) is 5.56 Å². The molecular weight excluding hydrogens is 195 g/mol. The monoisotopic (exact) mass is 204 g/mol. The maximum absolute atomic E-state index is 10.6. The fraction of sp³-hybridized carbons (Fsp3) is 0.143. The number of rotatable bonds is 1. The van der Waals surface area contributed by atoms with E-state index in [1.807, 2.05) is 19.1 Å². The van der Waals surface area contributed by atoms with Crippen molar-refractivity contribution < 1.29 is 8.02 Å². The molecule has 1 unspecified atom stereocenters. The SMILES string of the molecule is Cc1ccccc1[Se](=O)O. The second-order valence-corrected chi connectivity index (χ2v) is 3.98. The molecule has 1 aromatic rings. The Bertz CT molecular complexity index is 258. The summed E-state index contributed by atoms with van der Waals surface area (Å²) < 4.78 is 20.0. The van der Waals surface area contributed by atoms with E-state index in [-0.39, 0.29) is 0 Å². The van der Waals surface area contributed by atoms with Crippen LogP contribution in [0.2, 0.25) is 0 Å². The summed E-state index contributed by atoms with van der Waals surface area (Å²) in [5, 5.41) is 0. The van der Waals surface area contributed by atoms with Crippen LogP contribution in [0, 0.1) is 6.92 Å². The number of aryl methyl sites for hydroxylation is 1. The first-order chi connectivity index (χ1) is 4.72. The molecule has 0 spiro atoms. The molecule has 0 bridgehead atoms. The predicted octanol–water partition coefficient (Wildman–Crippen LogP) is 0.113. The first kappa shape index (κ1) is 7.60. The van der Waals surface area contributed by atoms with Crippen molar-refractivity contribution in [1.29, 1.82) is 0 Å². The minimum absolute atomic E-state index is 0.586. The Kier molecular flexibility index (Phi) is 2.33. The molecule has 0 aliphatic carbocycles. The van der Waals surface area contributed by atoms with Crippen molar-refractivity contribution in [3.8, 4) is 0 Å². The van der Waals surface area contributed by atoms with Crippen molar-refractivity contribution in [3.63, 3.8) is 0 Å². The van der Waals surface area contributed by atoms with Crippen LogP contribution in [-0.2, 0) is 3.83 Å². The topological polar surface area (TPSA) is 37.3 Å². The van der Waals surface area contributed by atoms with Gasteiger partial charge in [0.1, 0.15) is 0 Å². The molecular formula is C7H8O2Se. The Morgan fingerprint density at radius 3 is 2.40 bits per heavy atom. The van der Waals surface area contributed by atoms with Crippen molar-refractivity contribution in [2.45, 2.75) is 6.92 Å². The van der Waals surface area contributed by atoms with Gasteiger partial charge in [0.05, 0.1) is 0 Å². The molecule has 2 nitrogen and oxygen atoms in total. The summed E-state index contributed by atoms with van der Waals surface area (Å²) in [6, 6.07) is 7.15. The van der Waals surface area contributed by atoms with E-state index in [9.17, 15) is 3.83 Å². The third-order valence-electron chi connectivity index (χ3n) is 1.28. The standard InChI is InChI=1S/C7H8O2Se/c1-6-4-2-3-5-7(6)10(8)9/h2-5H,1H3,(H,8,9). The molecule has 1 atom stereocenters. The average molecular weight is 203 g/mol. The van der Waals surface area contributed by atoms with Crippen LogP contribution >= 0.6 is 0 Å². The van der Waals surface area contributed by atoms with Gasteiger partial charge in [-0.25, -0.2) is 0 Å². The third-order valence-corrected chi connectivity index (χ3v) is 3.03. The number of hydrogen-bond acceptors (Lipinski definition) is 1. The first-order valence-electron chi connectivity index (χ1n) is 2.88. The summed E-state index contributed by atoms with van der Waals surface area (Å²) in [7, 11) is 0. The van der Waals surface area contributed by atoms with Gasteiger partial charge >= 0.3 is 63.4 Å². The third kappa shape index (κ3) is 1.51. The minimum atomic E-state index is -2.70. The van der Waals surface area contributed by atoms with Crippen molar-refractivity contribution in [3.05, 3.63) is 29.8 Å². The fourth-order valence-electron chi connectivity index (χ4n) is 0.752. The molecule has 0 radical (unpaired) electrons. The van der Waals surface area contributed by atoms with Gasteiger partial charge in [0, 0.05) is 0 Å². The Morgan fingerprint density at radius 2 is 2.00 bits per heavy atom. The summed E-state index contributed by atoms with van der Waals surface area (Å²) in [4.78, 5) is 0. The summed E-state index contributed by atoms with van der Waals surface area (Å²) in [6.07, 6.45) is 0. The molecule has 1 N–H and O–H groups in total. The number of benzene rings is 1. The van der Waals surface area contributed by atoms with E-state index in [4.69, 9.17) is 4.19 Å². The first-order valence-corrected chi connectivity index (χ1v) is 5.20. The number of hydrogen-bond donors (Lipinski definition) is 1. The van der Waals surface area contributed by atoms with Crippen molar-refractivity contribution >= 4 is 18.6 Å². The Balaban J connectivity index is 3.15. The van der Waals surface area contributed by atoms with Gasteiger partial charge < -0.3 is 0 Å². The molecule has 54 valence electrons. The van der Waals surface area contributed by atoms with Gasteiger partial charge in [-0.15, -0.1) is 0 Å². The second kappa shape index (κ2) is 3.06. The van der Waals surface area contributed by atoms with Crippen molar-refractivity contribution in [2.24, 2.45) is 0 Å². The molecule has 0 saturated carbocycles. The van der Waals surface area contributed by atoms with Gasteiger partial charge in [-0.1, -0.05) is 0 Å². The molecule has 3 heteroatoms. The molecule has 0 heterocycles. The molecule has 0 amide bonds. The quantitative estimate of drug-likeness (QED) is 0.658. The maximum atomic E-state index is 10.6. The van der Waals surface area contributed by atoms with Gasteiger partial charge in [-0.2, -0.15) is 0 Å². The van der Waals surface area contributed by atoms with E-state index in [0.29, 0.717) is 4.46 Å². The van der Waals surface area contributed by atoms with Crippen molar-refractivity contribution in [2.75, 3.05) is 0 Å². The second-order valence-electron chi connectivity index (χ2n) is 2.01. The van der Waals surface area contributed by atoms with Crippen LogP contribution in [0.3, 0.4) is 0 Å². The summed E-state index contributed by atoms with van der Waals surface area (Å²) >= 11 is -2.70. The van der Waals surface area contributed by atoms with E-state index in [0.717, 1.165) is 5.56 Å². The molecule has 0 aliphatic heterocycles. The zero-order chi connectivity index (χ0) is 7.56. The predicted molar refractivity (Wildman–Crippen MR) is 39.5 cm³/mol. The van der Waals surface area contributed by atoms with E-state index in [1.165, 1.54) is 0 Å². The van der Waals surface area contributed by atoms with E-state index < -0.39 is 14.2 Å². The van der Waals surface area contributed by atoms with Crippen LogP contribution in [0.4, 0.5) is 0 Å². The molecule has 0 aromatic heterocycles. The van der Waals surface area contributed by atoms with Crippen LogP contribution in [0.5, 0.6) is 0 Å². The van der Waals surface area contributed by atoms with Crippen LogP contribution < -0.4 is 4.46 Å². The molecule has 10 heavy (non-hydrogen) atoms. The Hall–Kier alpha value is -0.501. The van der Waals surface area contributed by atoms with E-state index in [1.54, 1.807) is 12.1 Å². The zero-order valence-corrected chi connectivity index (χ0v) is 7.29. The van der Waals surface area contributed by atoms with E-state index in [2.05, 4.69) is 0 Å². The van der Waals surface area contributed by atoms with Gasteiger partial charge in [0.2, 0.25) is 0 Å². The average Bonchev–Trinajstić information content (AvgIpc) is 1.88. The normalized spacial score (nSPS) is 13.0. The Labute approximate surface area is 63.9 Å². The van der Waals surface area contributed by atoms with Crippen LogP contribution in [0.25, 0.3) is 0 Å². The molecule has 0 saturated heterocycles. The van der Waals surface area contributed by atoms with Gasteiger partial charge in [0.25, 0.3) is 0 Å². The van der Waals surface area contributed by atoms with Gasteiger partial charge in [-0.05, 0) is 0 Å². The summed E-state index contributed by atoms with van der Waals surface area (Å²) in [5.41, 5.74) is 0.894. The summed E-state index contributed by atoms with van der Waals surface area (Å²) in [6.45, 7) is 1.83. The zero-order valence-electron chi connectivity index (χ0n) is 5.57. The molecule has 0 fully saturated rings. The molecule has 0 aliphatic rings. The van der Waals surface area contributed by atoms with Gasteiger partial charge in [0.15, 0.2) is 0 Å². The van der Waals surface area contributed by atoms with E-state index >= 15 is 0 Å². The fourth-order valence-corrected chi connectivity index (χ4v) is 1.88. The molecule has 1 aromatic carbocycles. The van der Waals surface area contributed by atoms with Crippen molar-refractivity contribution in [1.82, 2.24) is 0 Å².